The summed E-state index contributed by atoms with van der Waals surface area (Å²) in [4.78, 5) is 25.9. The molecule has 0 radical (unpaired) electrons. The molecule has 7 nitrogen and oxygen atoms in total. The van der Waals surface area contributed by atoms with Gasteiger partial charge in [0.05, 0.1) is 18.6 Å². The van der Waals surface area contributed by atoms with Crippen molar-refractivity contribution < 1.29 is 24.5 Å². The zero-order valence-electron chi connectivity index (χ0n) is 21.0. The zero-order chi connectivity index (χ0) is 24.8. The molecule has 7 heteroatoms. The number of hydrogen-bond donors (Lipinski definition) is 3. The fourth-order valence-corrected chi connectivity index (χ4v) is 6.38. The number of aliphatic hydroxyl groups is 1. The first kappa shape index (κ1) is 26.5. The number of aliphatic carboxylic acids is 1. The Balaban J connectivity index is 1.90. The van der Waals surface area contributed by atoms with Crippen molar-refractivity contribution in [2.45, 2.75) is 76.2 Å². The number of carbonyl (C=O) groups is 2. The van der Waals surface area contributed by atoms with Crippen molar-refractivity contribution >= 4 is 12.1 Å². The van der Waals surface area contributed by atoms with Crippen LogP contribution in [-0.2, 0) is 15.1 Å². The number of carboxylic acid groups (broad SMARTS) is 1. The van der Waals surface area contributed by atoms with Crippen LogP contribution in [0.4, 0.5) is 4.79 Å². The van der Waals surface area contributed by atoms with Crippen LogP contribution in [-0.4, -0.2) is 61.0 Å². The van der Waals surface area contributed by atoms with E-state index in [-0.39, 0.29) is 31.4 Å². The van der Waals surface area contributed by atoms with E-state index in [1.165, 1.54) is 0 Å². The standard InChI is InChI=1S/C27H42N2O5/c1-4-34-25(32)28-19-26(17-24(30)31)14-9-10-20(16-26)22-12-5-6-13-23(22)27(33)15-8-7-11-21(27)18-29(2)3/h5-6,12-13,20-21,33H,4,7-11,14-19H2,1-3H3,(H,28,32)(H,30,31)/t20?,21-,26?,27-/m0/s1. The Morgan fingerprint density at radius 2 is 1.91 bits per heavy atom. The minimum atomic E-state index is -0.880. The lowest BCUT2D eigenvalue weighted by atomic mass is 9.63. The van der Waals surface area contributed by atoms with Gasteiger partial charge in [0.2, 0.25) is 0 Å². The predicted octanol–water partition coefficient (Wildman–Crippen LogP) is 4.49. The average molecular weight is 475 g/mol. The fraction of sp³-hybridized carbons (Fsp3) is 0.704. The summed E-state index contributed by atoms with van der Waals surface area (Å²) in [5.74, 6) is -0.550. The van der Waals surface area contributed by atoms with Crippen LogP contribution in [0.15, 0.2) is 24.3 Å². The van der Waals surface area contributed by atoms with Gasteiger partial charge in [-0.3, -0.25) is 4.79 Å². The van der Waals surface area contributed by atoms with Crippen LogP contribution in [0.3, 0.4) is 0 Å². The van der Waals surface area contributed by atoms with Crippen molar-refractivity contribution in [1.29, 1.82) is 0 Å². The van der Waals surface area contributed by atoms with Gasteiger partial charge in [-0.1, -0.05) is 43.5 Å². The molecule has 34 heavy (non-hydrogen) atoms. The molecule has 0 bridgehead atoms. The maximum atomic E-state index is 12.1. The topological polar surface area (TPSA) is 99.1 Å². The van der Waals surface area contributed by atoms with Gasteiger partial charge >= 0.3 is 12.1 Å². The van der Waals surface area contributed by atoms with Crippen LogP contribution in [0, 0.1) is 11.3 Å². The van der Waals surface area contributed by atoms with Gasteiger partial charge in [-0.15, -0.1) is 0 Å². The number of amides is 1. The molecule has 2 saturated carbocycles. The number of benzene rings is 1. The fourth-order valence-electron chi connectivity index (χ4n) is 6.38. The van der Waals surface area contributed by atoms with Crippen molar-refractivity contribution in [3.05, 3.63) is 35.4 Å². The van der Waals surface area contributed by atoms with Crippen LogP contribution >= 0.6 is 0 Å². The predicted molar refractivity (Wildman–Crippen MR) is 132 cm³/mol. The van der Waals surface area contributed by atoms with Crippen molar-refractivity contribution in [3.63, 3.8) is 0 Å². The van der Waals surface area contributed by atoms with Crippen LogP contribution in [0.1, 0.15) is 81.8 Å². The van der Waals surface area contributed by atoms with Gasteiger partial charge in [0.25, 0.3) is 0 Å². The Hall–Kier alpha value is -2.12. The van der Waals surface area contributed by atoms with E-state index in [1.807, 2.05) is 12.1 Å². The number of carbonyl (C=O) groups excluding carboxylic acids is 1. The number of rotatable bonds is 9. The summed E-state index contributed by atoms with van der Waals surface area (Å²) < 4.78 is 5.01. The molecule has 0 aromatic heterocycles. The van der Waals surface area contributed by atoms with E-state index in [0.29, 0.717) is 6.42 Å². The SMILES string of the molecule is CCOC(=O)NCC1(CC(=O)O)CCCC(c2ccccc2[C@]2(O)CCCC[C@H]2CN(C)C)C1. The molecule has 1 aromatic carbocycles. The highest BCUT2D eigenvalue weighted by Gasteiger charge is 2.44. The number of ether oxygens (including phenoxy) is 1. The molecule has 1 aromatic rings. The van der Waals surface area contributed by atoms with Gasteiger partial charge in [0.15, 0.2) is 0 Å². The number of carboxylic acids is 1. The second-order valence-corrected chi connectivity index (χ2v) is 10.7. The Morgan fingerprint density at radius 1 is 1.15 bits per heavy atom. The quantitative estimate of drug-likeness (QED) is 0.488. The van der Waals surface area contributed by atoms with Crippen LogP contribution in [0.25, 0.3) is 0 Å². The largest absolute Gasteiger partial charge is 0.481 e. The lowest BCUT2D eigenvalue weighted by molar-refractivity contribution is -0.140. The van der Waals surface area contributed by atoms with Gasteiger partial charge in [0, 0.05) is 19.0 Å². The average Bonchev–Trinajstić information content (AvgIpc) is 2.79. The van der Waals surface area contributed by atoms with Gasteiger partial charge in [-0.05, 0) is 75.6 Å². The molecular weight excluding hydrogens is 432 g/mol. The summed E-state index contributed by atoms with van der Waals surface area (Å²) in [5, 5.41) is 24.6. The second kappa shape index (κ2) is 11.5. The first-order valence-electron chi connectivity index (χ1n) is 12.8. The molecule has 3 rings (SSSR count). The summed E-state index contributed by atoms with van der Waals surface area (Å²) in [6.45, 7) is 3.15. The van der Waals surface area contributed by atoms with Crippen LogP contribution in [0.2, 0.25) is 0 Å². The summed E-state index contributed by atoms with van der Waals surface area (Å²) in [5.41, 5.74) is 0.736. The van der Waals surface area contributed by atoms with E-state index in [9.17, 15) is 19.8 Å². The molecule has 190 valence electrons. The third-order valence-electron chi connectivity index (χ3n) is 7.84. The highest BCUT2D eigenvalue weighted by molar-refractivity contribution is 5.69. The van der Waals surface area contributed by atoms with E-state index >= 15 is 0 Å². The van der Waals surface area contributed by atoms with Gasteiger partial charge in [-0.2, -0.15) is 0 Å². The van der Waals surface area contributed by atoms with Gasteiger partial charge in [0.1, 0.15) is 0 Å². The third kappa shape index (κ3) is 6.30. The Bertz CT molecular complexity index is 844. The normalized spacial score (nSPS) is 29.6. The van der Waals surface area contributed by atoms with Crippen molar-refractivity contribution in [1.82, 2.24) is 10.2 Å². The molecule has 1 amide bonds. The lowest BCUT2D eigenvalue weighted by Crippen LogP contribution is -2.44. The molecule has 2 unspecified atom stereocenters. The van der Waals surface area contributed by atoms with Crippen molar-refractivity contribution in [3.8, 4) is 0 Å². The van der Waals surface area contributed by atoms with Gasteiger partial charge < -0.3 is 25.2 Å². The Morgan fingerprint density at radius 3 is 2.62 bits per heavy atom. The summed E-state index contributed by atoms with van der Waals surface area (Å²) in [7, 11) is 4.11. The number of alkyl carbamates (subject to hydrolysis) is 1. The smallest absolute Gasteiger partial charge is 0.407 e. The lowest BCUT2D eigenvalue weighted by Gasteiger charge is -2.45. The second-order valence-electron chi connectivity index (χ2n) is 10.7. The monoisotopic (exact) mass is 474 g/mol. The maximum Gasteiger partial charge on any atom is 0.407 e. The molecule has 2 fully saturated rings. The summed E-state index contributed by atoms with van der Waals surface area (Å²) >= 11 is 0. The zero-order valence-corrected chi connectivity index (χ0v) is 21.0. The molecule has 0 saturated heterocycles. The van der Waals surface area contributed by atoms with E-state index in [4.69, 9.17) is 4.74 Å². The molecule has 3 N–H and O–H groups in total. The molecule has 4 atom stereocenters. The Labute approximate surface area is 203 Å². The summed E-state index contributed by atoms with van der Waals surface area (Å²) in [6, 6.07) is 8.23. The highest BCUT2D eigenvalue weighted by atomic mass is 16.5. The molecule has 0 spiro atoms. The van der Waals surface area contributed by atoms with Crippen LogP contribution < -0.4 is 5.32 Å². The number of hydrogen-bond acceptors (Lipinski definition) is 5. The van der Waals surface area contributed by atoms with Crippen molar-refractivity contribution in [2.75, 3.05) is 33.8 Å². The summed E-state index contributed by atoms with van der Waals surface area (Å²) in [6.07, 6.45) is 6.64. The first-order valence-corrected chi connectivity index (χ1v) is 12.8. The number of nitrogens with zero attached hydrogens (tertiary/aromatic N) is 1. The Kier molecular flexibility index (Phi) is 8.99. The minimum Gasteiger partial charge on any atom is -0.481 e. The van der Waals surface area contributed by atoms with Gasteiger partial charge in [-0.25, -0.2) is 4.79 Å². The minimum absolute atomic E-state index is 0.00555. The van der Waals surface area contributed by atoms with E-state index in [1.54, 1.807) is 6.92 Å². The molecule has 0 aliphatic heterocycles. The molecule has 2 aliphatic rings. The first-order chi connectivity index (χ1) is 16.2. The molecule has 0 heterocycles. The van der Waals surface area contributed by atoms with E-state index in [0.717, 1.165) is 62.6 Å². The van der Waals surface area contributed by atoms with E-state index in [2.05, 4.69) is 36.4 Å². The highest BCUT2D eigenvalue weighted by Crippen LogP contribution is 2.50. The molecular formula is C27H42N2O5. The third-order valence-corrected chi connectivity index (χ3v) is 7.84. The van der Waals surface area contributed by atoms with Crippen molar-refractivity contribution in [2.24, 2.45) is 11.3 Å². The molecule has 2 aliphatic carbocycles. The maximum absolute atomic E-state index is 12.1. The van der Waals surface area contributed by atoms with Crippen LogP contribution in [0.5, 0.6) is 0 Å². The van der Waals surface area contributed by atoms with E-state index < -0.39 is 23.1 Å². The number of nitrogens with one attached hydrogen (secondary N) is 1.